The quantitative estimate of drug-likeness (QED) is 0.245. The predicted octanol–water partition coefficient (Wildman–Crippen LogP) is 6.60. The van der Waals surface area contributed by atoms with Gasteiger partial charge in [-0.25, -0.2) is 0 Å². The molecular formula is C24H28Cl2N6O4. The summed E-state index contributed by atoms with van der Waals surface area (Å²) in [4.78, 5) is 26.0. The third-order valence-electron chi connectivity index (χ3n) is 4.09. The van der Waals surface area contributed by atoms with Crippen LogP contribution in [0.2, 0.25) is 10.0 Å². The molecule has 36 heavy (non-hydrogen) atoms. The zero-order valence-corrected chi connectivity index (χ0v) is 22.3. The van der Waals surface area contributed by atoms with E-state index in [2.05, 4.69) is 20.5 Å². The van der Waals surface area contributed by atoms with Gasteiger partial charge in [0, 0.05) is 38.2 Å². The lowest BCUT2D eigenvalue weighted by Crippen LogP contribution is -2.23. The summed E-state index contributed by atoms with van der Waals surface area (Å²) in [5.41, 5.74) is 0.916. The largest absolute Gasteiger partial charge is 0.510 e. The van der Waals surface area contributed by atoms with E-state index in [1.54, 1.807) is 76.7 Å². The number of aliphatic hydroxyl groups is 2. The van der Waals surface area contributed by atoms with Crippen molar-refractivity contribution in [3.05, 3.63) is 81.5 Å². The Balaban J connectivity index is 0.000000360. The Morgan fingerprint density at radius 2 is 0.917 bits per heavy atom. The average molecular weight is 535 g/mol. The molecule has 0 atom stereocenters. The van der Waals surface area contributed by atoms with Crippen LogP contribution in [-0.2, 0) is 9.59 Å². The Bertz CT molecular complexity index is 1070. The predicted molar refractivity (Wildman–Crippen MR) is 140 cm³/mol. The number of halogens is 2. The number of aliphatic hydroxyl groups excluding tert-OH is 2. The first-order chi connectivity index (χ1) is 16.8. The highest BCUT2D eigenvalue weighted by atomic mass is 35.5. The molecule has 0 aliphatic carbocycles. The molecule has 10 nitrogen and oxygen atoms in total. The van der Waals surface area contributed by atoms with Gasteiger partial charge in [-0.05, 0) is 62.4 Å². The lowest BCUT2D eigenvalue weighted by atomic mass is 10.3. The highest BCUT2D eigenvalue weighted by Gasteiger charge is 2.15. The van der Waals surface area contributed by atoms with Crippen LogP contribution in [0, 0.1) is 0 Å². The van der Waals surface area contributed by atoms with Crippen LogP contribution >= 0.6 is 23.2 Å². The highest BCUT2D eigenvalue weighted by molar-refractivity contribution is 6.30. The van der Waals surface area contributed by atoms with Crippen molar-refractivity contribution in [1.29, 1.82) is 0 Å². The Morgan fingerprint density at radius 1 is 0.639 bits per heavy atom. The van der Waals surface area contributed by atoms with E-state index in [1.807, 2.05) is 0 Å². The monoisotopic (exact) mass is 534 g/mol. The van der Waals surface area contributed by atoms with Crippen molar-refractivity contribution in [3.8, 4) is 0 Å². The Kier molecular flexibility index (Phi) is 12.3. The van der Waals surface area contributed by atoms with E-state index >= 15 is 0 Å². The fourth-order valence-corrected chi connectivity index (χ4v) is 2.45. The second-order valence-corrected chi connectivity index (χ2v) is 8.49. The first-order valence-corrected chi connectivity index (χ1v) is 11.2. The summed E-state index contributed by atoms with van der Waals surface area (Å²) in [6, 6.07) is 13.3. The molecule has 0 aromatic heterocycles. The minimum absolute atomic E-state index is 0.0880. The van der Waals surface area contributed by atoms with Crippen molar-refractivity contribution in [2.45, 2.75) is 13.8 Å². The smallest absolute Gasteiger partial charge is 0.277 e. The number of azo groups is 2. The van der Waals surface area contributed by atoms with Crippen LogP contribution in [0.15, 0.2) is 91.9 Å². The number of hydrogen-bond donors (Lipinski definition) is 2. The van der Waals surface area contributed by atoms with E-state index in [-0.39, 0.29) is 22.9 Å². The zero-order valence-electron chi connectivity index (χ0n) is 20.8. The van der Waals surface area contributed by atoms with E-state index in [9.17, 15) is 19.8 Å². The number of hydrogen-bond acceptors (Lipinski definition) is 8. The molecule has 12 heteroatoms. The molecule has 2 aromatic carbocycles. The van der Waals surface area contributed by atoms with E-state index in [0.717, 1.165) is 0 Å². The summed E-state index contributed by atoms with van der Waals surface area (Å²) in [6.45, 7) is 2.77. The Labute approximate surface area is 219 Å². The van der Waals surface area contributed by atoms with Gasteiger partial charge in [0.1, 0.15) is 11.5 Å². The summed E-state index contributed by atoms with van der Waals surface area (Å²) in [6.07, 6.45) is 0. The van der Waals surface area contributed by atoms with Crippen molar-refractivity contribution in [2.75, 3.05) is 28.2 Å². The molecule has 2 aromatic rings. The zero-order chi connectivity index (χ0) is 27.4. The molecule has 2 N–H and O–H groups in total. The molecule has 2 amide bonds. The van der Waals surface area contributed by atoms with Crippen LogP contribution in [0.3, 0.4) is 0 Å². The average Bonchev–Trinajstić information content (AvgIpc) is 2.81. The van der Waals surface area contributed by atoms with Crippen LogP contribution in [-0.4, -0.2) is 60.0 Å². The van der Waals surface area contributed by atoms with Gasteiger partial charge >= 0.3 is 0 Å². The number of likely N-dealkylation sites (N-methyl/N-ethyl adjacent to an activating group) is 2. The second kappa shape index (κ2) is 14.6. The molecule has 0 unspecified atom stereocenters. The molecular weight excluding hydrogens is 507 g/mol. The molecule has 0 saturated carbocycles. The fourth-order valence-electron chi connectivity index (χ4n) is 2.19. The number of carbonyl (C=O) groups excluding carboxylic acids is 2. The summed E-state index contributed by atoms with van der Waals surface area (Å²) < 4.78 is 0. The molecule has 0 spiro atoms. The van der Waals surface area contributed by atoms with Crippen molar-refractivity contribution >= 4 is 46.4 Å². The Morgan fingerprint density at radius 3 is 1.14 bits per heavy atom. The molecule has 0 radical (unpaired) electrons. The third-order valence-corrected chi connectivity index (χ3v) is 4.59. The van der Waals surface area contributed by atoms with Crippen LogP contribution < -0.4 is 0 Å². The number of carbonyl (C=O) groups is 2. The number of allylic oxidation sites excluding steroid dienone is 2. The van der Waals surface area contributed by atoms with Gasteiger partial charge in [-0.3, -0.25) is 9.59 Å². The van der Waals surface area contributed by atoms with Crippen LogP contribution in [0.5, 0.6) is 0 Å². The second-order valence-electron chi connectivity index (χ2n) is 7.62. The SMILES string of the molecule is C/C(O)=C(\N=Nc1ccc(Cl)cc1)C(=O)N(C)C.C/C(O)=C(\N=Nc1ccc(Cl)cc1)C(=O)N(C)C. The van der Waals surface area contributed by atoms with Gasteiger partial charge in [0.2, 0.25) is 0 Å². The topological polar surface area (TPSA) is 131 Å². The molecule has 2 rings (SSSR count). The van der Waals surface area contributed by atoms with Crippen LogP contribution in [0.4, 0.5) is 11.4 Å². The molecule has 0 fully saturated rings. The molecule has 0 bridgehead atoms. The van der Waals surface area contributed by atoms with Gasteiger partial charge in [0.05, 0.1) is 11.4 Å². The molecule has 192 valence electrons. The summed E-state index contributed by atoms with van der Waals surface area (Å²) in [7, 11) is 6.29. The van der Waals surface area contributed by atoms with Crippen molar-refractivity contribution in [2.24, 2.45) is 20.5 Å². The van der Waals surface area contributed by atoms with Crippen LogP contribution in [0.1, 0.15) is 13.8 Å². The number of benzene rings is 2. The van der Waals surface area contributed by atoms with Gasteiger partial charge in [-0.1, -0.05) is 23.2 Å². The van der Waals surface area contributed by atoms with Crippen molar-refractivity contribution < 1.29 is 19.8 Å². The molecule has 0 aliphatic heterocycles. The van der Waals surface area contributed by atoms with E-state index in [4.69, 9.17) is 23.2 Å². The molecule has 0 heterocycles. The lowest BCUT2D eigenvalue weighted by Gasteiger charge is -2.09. The minimum Gasteiger partial charge on any atom is -0.510 e. The van der Waals surface area contributed by atoms with Crippen LogP contribution in [0.25, 0.3) is 0 Å². The van der Waals surface area contributed by atoms with Gasteiger partial charge in [0.25, 0.3) is 11.8 Å². The maximum Gasteiger partial charge on any atom is 0.277 e. The maximum absolute atomic E-state index is 11.7. The van der Waals surface area contributed by atoms with E-state index in [0.29, 0.717) is 21.4 Å². The van der Waals surface area contributed by atoms with Gasteiger partial charge in [-0.2, -0.15) is 10.2 Å². The number of nitrogens with zero attached hydrogens (tertiary/aromatic N) is 6. The maximum atomic E-state index is 11.7. The molecule has 0 aliphatic rings. The number of rotatable bonds is 6. The first-order valence-electron chi connectivity index (χ1n) is 10.4. The van der Waals surface area contributed by atoms with E-state index in [1.165, 1.54) is 23.6 Å². The van der Waals surface area contributed by atoms with Crippen molar-refractivity contribution in [1.82, 2.24) is 9.80 Å². The standard InChI is InChI=1S/2C12H14ClN3O2/c2*1-8(17)11(12(18)16(2)3)15-14-10-6-4-9(13)5-7-10/h2*4-7,17H,1-3H3/b2*11-8+,15-14?. The fraction of sp³-hybridized carbons (Fsp3) is 0.250. The van der Waals surface area contributed by atoms with Gasteiger partial charge in [-0.15, -0.1) is 10.2 Å². The summed E-state index contributed by atoms with van der Waals surface area (Å²) in [5.74, 6) is -1.17. The normalized spacial score (nSPS) is 12.4. The Hall–Kier alpha value is -3.76. The lowest BCUT2D eigenvalue weighted by molar-refractivity contribution is -0.125. The van der Waals surface area contributed by atoms with Gasteiger partial charge in [0.15, 0.2) is 11.4 Å². The number of amides is 2. The first kappa shape index (κ1) is 30.3. The van der Waals surface area contributed by atoms with E-state index < -0.39 is 11.8 Å². The minimum atomic E-state index is -0.410. The third kappa shape index (κ3) is 10.2. The summed E-state index contributed by atoms with van der Waals surface area (Å²) in [5, 5.41) is 35.3. The van der Waals surface area contributed by atoms with Crippen molar-refractivity contribution in [3.63, 3.8) is 0 Å². The molecule has 0 saturated heterocycles. The van der Waals surface area contributed by atoms with Gasteiger partial charge < -0.3 is 20.0 Å². The highest BCUT2D eigenvalue weighted by Crippen LogP contribution is 2.19. The summed E-state index contributed by atoms with van der Waals surface area (Å²) >= 11 is 11.5.